The van der Waals surface area contributed by atoms with Crippen molar-refractivity contribution in [1.82, 2.24) is 4.90 Å². The maximum Gasteiger partial charge on any atom is 0.410 e. The monoisotopic (exact) mass is 505 g/mol. The van der Waals surface area contributed by atoms with Gasteiger partial charge in [-0.3, -0.25) is 4.90 Å². The van der Waals surface area contributed by atoms with E-state index in [0.29, 0.717) is 12.8 Å². The summed E-state index contributed by atoms with van der Waals surface area (Å²) in [6.07, 6.45) is -0.596. The Morgan fingerprint density at radius 1 is 0.833 bits per heavy atom. The molecule has 0 aliphatic carbocycles. The molecule has 5 atom stereocenters. The van der Waals surface area contributed by atoms with E-state index in [1.807, 2.05) is 60.7 Å². The zero-order valence-electron chi connectivity index (χ0n) is 19.8. The molecule has 3 saturated heterocycles. The molecule has 186 valence electrons. The largest absolute Gasteiger partial charge is 0.453 e. The average Bonchev–Trinajstić information content (AvgIpc) is 3.60. The Morgan fingerprint density at radius 2 is 1.33 bits per heavy atom. The summed E-state index contributed by atoms with van der Waals surface area (Å²) < 4.78 is 47.1. The van der Waals surface area contributed by atoms with Gasteiger partial charge in [-0.1, -0.05) is 78.9 Å². The number of amides is 1. The number of fused-ring (bicyclic) bond motifs is 3. The fraction of sp³-hybridized carbons (Fsp3) is 0.321. The van der Waals surface area contributed by atoms with Gasteiger partial charge in [-0.2, -0.15) is 0 Å². The van der Waals surface area contributed by atoms with Crippen molar-refractivity contribution in [3.63, 3.8) is 0 Å². The fourth-order valence-corrected chi connectivity index (χ4v) is 8.36. The Bertz CT molecular complexity index is 1300. The van der Waals surface area contributed by atoms with Gasteiger partial charge in [-0.05, 0) is 36.1 Å². The molecule has 3 aromatic carbocycles. The summed E-state index contributed by atoms with van der Waals surface area (Å²) in [6, 6.07) is 26.4. The number of methoxy groups -OCH3 is 1. The van der Waals surface area contributed by atoms with Crippen LogP contribution in [0.3, 0.4) is 0 Å². The van der Waals surface area contributed by atoms with Gasteiger partial charge in [0.1, 0.15) is 17.5 Å². The Hall–Kier alpha value is -3.20. The summed E-state index contributed by atoms with van der Waals surface area (Å²) in [5.74, 6) is -1.55. The van der Waals surface area contributed by atoms with Gasteiger partial charge < -0.3 is 14.2 Å². The fourth-order valence-electron chi connectivity index (χ4n) is 6.15. The lowest BCUT2D eigenvalue weighted by molar-refractivity contribution is -0.190. The highest BCUT2D eigenvalue weighted by atomic mass is 32.2. The van der Waals surface area contributed by atoms with Gasteiger partial charge in [-0.15, -0.1) is 0 Å². The van der Waals surface area contributed by atoms with Crippen LogP contribution in [0.25, 0.3) is 0 Å². The topological polar surface area (TPSA) is 82.1 Å². The second kappa shape index (κ2) is 8.73. The maximum atomic E-state index is 14.2. The number of nitrogens with zero attached hydrogens (tertiary/aromatic N) is 1. The van der Waals surface area contributed by atoms with E-state index in [1.165, 1.54) is 12.0 Å². The number of carbonyl (C=O) groups excluding carboxylic acids is 1. The van der Waals surface area contributed by atoms with Crippen LogP contribution in [0.1, 0.15) is 36.2 Å². The molecule has 0 radical (unpaired) electrons. The standard InChI is InChI=1S/C28H27NO6S/c1-33-27(30)29-22-17-18-23(29)28(26(22)36(31,32)21-15-9-4-10-16-21)34-24(19-11-5-2-6-12-19)25(35-28)20-13-7-3-8-14-20/h2-16,22-26H,17-18H2,1H3/t22-,23+,24+,25+,26-/m0/s1. The van der Waals surface area contributed by atoms with Gasteiger partial charge in [0.05, 0.1) is 24.1 Å². The zero-order valence-corrected chi connectivity index (χ0v) is 20.6. The minimum absolute atomic E-state index is 0.179. The lowest BCUT2D eigenvalue weighted by atomic mass is 9.93. The van der Waals surface area contributed by atoms with E-state index in [2.05, 4.69) is 0 Å². The molecule has 6 rings (SSSR count). The molecule has 1 spiro atoms. The maximum absolute atomic E-state index is 14.2. The van der Waals surface area contributed by atoms with Gasteiger partial charge >= 0.3 is 6.09 Å². The normalized spacial score (nSPS) is 28.5. The van der Waals surface area contributed by atoms with E-state index >= 15 is 0 Å². The molecule has 1 amide bonds. The summed E-state index contributed by atoms with van der Waals surface area (Å²) in [5, 5.41) is -1.11. The third-order valence-electron chi connectivity index (χ3n) is 7.58. The average molecular weight is 506 g/mol. The first-order valence-electron chi connectivity index (χ1n) is 12.1. The quantitative estimate of drug-likeness (QED) is 0.513. The molecule has 7 nitrogen and oxygen atoms in total. The Labute approximate surface area is 210 Å². The van der Waals surface area contributed by atoms with E-state index in [9.17, 15) is 13.2 Å². The number of ether oxygens (including phenoxy) is 3. The molecule has 0 saturated carbocycles. The van der Waals surface area contributed by atoms with Crippen molar-refractivity contribution >= 4 is 15.9 Å². The van der Waals surface area contributed by atoms with Gasteiger partial charge in [0.25, 0.3) is 0 Å². The van der Waals surface area contributed by atoms with Crippen molar-refractivity contribution in [3.05, 3.63) is 102 Å². The third-order valence-corrected chi connectivity index (χ3v) is 9.82. The molecule has 36 heavy (non-hydrogen) atoms. The van der Waals surface area contributed by atoms with Gasteiger partial charge in [-0.25, -0.2) is 13.2 Å². The lowest BCUT2D eigenvalue weighted by Crippen LogP contribution is -2.55. The van der Waals surface area contributed by atoms with Crippen LogP contribution < -0.4 is 0 Å². The predicted octanol–water partition coefficient (Wildman–Crippen LogP) is 4.67. The van der Waals surface area contributed by atoms with Crippen LogP contribution in [-0.2, 0) is 24.0 Å². The van der Waals surface area contributed by atoms with Crippen molar-refractivity contribution in [2.24, 2.45) is 0 Å². The summed E-state index contributed by atoms with van der Waals surface area (Å²) in [6.45, 7) is 0. The van der Waals surface area contributed by atoms with Crippen molar-refractivity contribution in [1.29, 1.82) is 0 Å². The molecule has 2 bridgehead atoms. The van der Waals surface area contributed by atoms with E-state index in [4.69, 9.17) is 14.2 Å². The van der Waals surface area contributed by atoms with E-state index in [1.54, 1.807) is 30.3 Å². The first kappa shape index (κ1) is 23.2. The van der Waals surface area contributed by atoms with E-state index in [-0.39, 0.29) is 4.90 Å². The van der Waals surface area contributed by atoms with Crippen molar-refractivity contribution in [2.75, 3.05) is 7.11 Å². The smallest absolute Gasteiger partial charge is 0.410 e. The molecule has 0 aromatic heterocycles. The molecule has 3 fully saturated rings. The third kappa shape index (κ3) is 3.39. The summed E-state index contributed by atoms with van der Waals surface area (Å²) in [5.41, 5.74) is 1.76. The molecule has 3 aliphatic heterocycles. The highest BCUT2D eigenvalue weighted by Gasteiger charge is 2.74. The molecule has 0 N–H and O–H groups in total. The number of hydrogen-bond donors (Lipinski definition) is 0. The molecule has 3 heterocycles. The predicted molar refractivity (Wildman–Crippen MR) is 132 cm³/mol. The van der Waals surface area contributed by atoms with Crippen molar-refractivity contribution in [3.8, 4) is 0 Å². The lowest BCUT2D eigenvalue weighted by Gasteiger charge is -2.37. The molecule has 8 heteroatoms. The number of benzene rings is 3. The molecular formula is C28H27NO6S. The van der Waals surface area contributed by atoms with Gasteiger partial charge in [0.2, 0.25) is 5.79 Å². The minimum Gasteiger partial charge on any atom is -0.453 e. The molecular weight excluding hydrogens is 478 g/mol. The van der Waals surface area contributed by atoms with E-state index in [0.717, 1.165) is 11.1 Å². The van der Waals surface area contributed by atoms with Gasteiger partial charge in [0, 0.05) is 0 Å². The zero-order chi connectivity index (χ0) is 24.9. The highest BCUT2D eigenvalue weighted by molar-refractivity contribution is 7.92. The highest BCUT2D eigenvalue weighted by Crippen LogP contribution is 2.60. The van der Waals surface area contributed by atoms with Crippen molar-refractivity contribution in [2.45, 2.75) is 53.1 Å². The van der Waals surface area contributed by atoms with Crippen LogP contribution in [0.2, 0.25) is 0 Å². The van der Waals surface area contributed by atoms with Crippen LogP contribution in [0.4, 0.5) is 4.79 Å². The number of sulfone groups is 1. The number of carbonyl (C=O) groups is 1. The Balaban J connectivity index is 1.52. The molecule has 0 unspecified atom stereocenters. The van der Waals surface area contributed by atoms with Crippen LogP contribution in [0.15, 0.2) is 95.9 Å². The van der Waals surface area contributed by atoms with Crippen LogP contribution in [-0.4, -0.2) is 49.6 Å². The molecule has 3 aromatic rings. The number of hydrogen-bond acceptors (Lipinski definition) is 6. The number of rotatable bonds is 4. The molecule has 3 aliphatic rings. The summed E-state index contributed by atoms with van der Waals surface area (Å²) in [4.78, 5) is 14.6. The Kier molecular flexibility index (Phi) is 5.63. The van der Waals surface area contributed by atoms with Crippen LogP contribution in [0, 0.1) is 0 Å². The summed E-state index contributed by atoms with van der Waals surface area (Å²) >= 11 is 0. The minimum atomic E-state index is -3.95. The second-order valence-corrected chi connectivity index (χ2v) is 11.5. The van der Waals surface area contributed by atoms with Crippen LogP contribution >= 0.6 is 0 Å². The SMILES string of the molecule is COC(=O)N1[C@H]2CC[C@@H]1C1(O[C@H](c3ccccc3)[C@@H](c3ccccc3)O1)[C@H]2S(=O)(=O)c1ccccc1. The summed E-state index contributed by atoms with van der Waals surface area (Å²) in [7, 11) is -2.64. The van der Waals surface area contributed by atoms with E-state index < -0.39 is 51.3 Å². The first-order chi connectivity index (χ1) is 17.5. The first-order valence-corrected chi connectivity index (χ1v) is 13.6. The van der Waals surface area contributed by atoms with Crippen LogP contribution in [0.5, 0.6) is 0 Å². The van der Waals surface area contributed by atoms with Crippen molar-refractivity contribution < 1.29 is 27.4 Å². The van der Waals surface area contributed by atoms with Gasteiger partial charge in [0.15, 0.2) is 9.84 Å². The second-order valence-electron chi connectivity index (χ2n) is 9.44. The Morgan fingerprint density at radius 3 is 1.83 bits per heavy atom.